The van der Waals surface area contributed by atoms with E-state index in [4.69, 9.17) is 0 Å². The van der Waals surface area contributed by atoms with E-state index in [2.05, 4.69) is 32.1 Å². The molecular formula is C21H18N4O. The molecule has 128 valence electrons. The standard InChI is InChI=1S/C21H18N4O/c26-18(10-12-19-22-13-14-23-19)16-7-4-8-17-21(16)25-20(24-17)11-9-15-5-2-1-3-6-15/h1-8,10,12-14H,9,11H2,(H,22,23)(H,24,25)/b12-10+. The van der Waals surface area contributed by atoms with Crippen LogP contribution in [0.15, 0.2) is 67.0 Å². The highest BCUT2D eigenvalue weighted by molar-refractivity contribution is 6.13. The van der Waals surface area contributed by atoms with Crippen LogP contribution in [0.2, 0.25) is 0 Å². The molecule has 4 aromatic rings. The first kappa shape index (κ1) is 16.0. The van der Waals surface area contributed by atoms with Gasteiger partial charge in [-0.1, -0.05) is 36.4 Å². The highest BCUT2D eigenvalue weighted by atomic mass is 16.1. The number of benzene rings is 2. The number of fused-ring (bicyclic) bond motifs is 1. The molecule has 0 atom stereocenters. The number of aromatic nitrogens is 4. The topological polar surface area (TPSA) is 74.4 Å². The molecule has 0 fully saturated rings. The van der Waals surface area contributed by atoms with Gasteiger partial charge in [0.15, 0.2) is 5.78 Å². The number of nitrogens with zero attached hydrogens (tertiary/aromatic N) is 2. The third-order valence-corrected chi connectivity index (χ3v) is 4.23. The van der Waals surface area contributed by atoms with Crippen LogP contribution in [-0.4, -0.2) is 25.7 Å². The molecule has 2 heterocycles. The van der Waals surface area contributed by atoms with E-state index in [9.17, 15) is 4.79 Å². The van der Waals surface area contributed by atoms with Crippen LogP contribution >= 0.6 is 0 Å². The first-order valence-corrected chi connectivity index (χ1v) is 8.53. The number of nitrogens with one attached hydrogen (secondary N) is 2. The second-order valence-corrected chi connectivity index (χ2v) is 6.04. The Morgan fingerprint density at radius 2 is 1.92 bits per heavy atom. The summed E-state index contributed by atoms with van der Waals surface area (Å²) in [7, 11) is 0. The molecule has 0 amide bonds. The summed E-state index contributed by atoms with van der Waals surface area (Å²) < 4.78 is 0. The fraction of sp³-hybridized carbons (Fsp3) is 0.0952. The Labute approximate surface area is 150 Å². The van der Waals surface area contributed by atoms with Gasteiger partial charge in [-0.05, 0) is 36.3 Å². The fourth-order valence-corrected chi connectivity index (χ4v) is 2.92. The number of aryl methyl sites for hydroxylation is 2. The van der Waals surface area contributed by atoms with Crippen molar-refractivity contribution in [3.05, 3.63) is 89.8 Å². The second-order valence-electron chi connectivity index (χ2n) is 6.04. The summed E-state index contributed by atoms with van der Waals surface area (Å²) in [5, 5.41) is 0. The zero-order valence-electron chi connectivity index (χ0n) is 14.1. The highest BCUT2D eigenvalue weighted by Gasteiger charge is 2.12. The predicted molar refractivity (Wildman–Crippen MR) is 102 cm³/mol. The molecule has 2 aromatic heterocycles. The van der Waals surface area contributed by atoms with Crippen molar-refractivity contribution in [2.45, 2.75) is 12.8 Å². The Balaban J connectivity index is 1.56. The lowest BCUT2D eigenvalue weighted by Gasteiger charge is -1.98. The van der Waals surface area contributed by atoms with Gasteiger partial charge in [-0.2, -0.15) is 0 Å². The molecule has 2 aromatic carbocycles. The minimum Gasteiger partial charge on any atom is -0.345 e. The number of hydrogen-bond acceptors (Lipinski definition) is 3. The number of carbonyl (C=O) groups excluding carboxylic acids is 1. The van der Waals surface area contributed by atoms with Crippen molar-refractivity contribution in [3.8, 4) is 0 Å². The van der Waals surface area contributed by atoms with Crippen LogP contribution in [0.5, 0.6) is 0 Å². The van der Waals surface area contributed by atoms with Crippen LogP contribution in [0.25, 0.3) is 17.1 Å². The molecule has 4 rings (SSSR count). The molecular weight excluding hydrogens is 324 g/mol. The van der Waals surface area contributed by atoms with Crippen LogP contribution in [0.3, 0.4) is 0 Å². The van der Waals surface area contributed by atoms with E-state index in [-0.39, 0.29) is 5.78 Å². The van der Waals surface area contributed by atoms with E-state index in [1.54, 1.807) is 24.5 Å². The van der Waals surface area contributed by atoms with E-state index in [0.29, 0.717) is 16.9 Å². The van der Waals surface area contributed by atoms with Crippen molar-refractivity contribution in [1.82, 2.24) is 19.9 Å². The van der Waals surface area contributed by atoms with Crippen molar-refractivity contribution in [2.75, 3.05) is 0 Å². The summed E-state index contributed by atoms with van der Waals surface area (Å²) in [4.78, 5) is 27.6. The number of allylic oxidation sites excluding steroid dienone is 1. The number of para-hydroxylation sites is 1. The summed E-state index contributed by atoms with van der Waals surface area (Å²) in [6.07, 6.45) is 8.27. The molecule has 0 unspecified atom stereocenters. The van der Waals surface area contributed by atoms with Crippen LogP contribution in [0.1, 0.15) is 27.6 Å². The summed E-state index contributed by atoms with van der Waals surface area (Å²) in [5.74, 6) is 1.45. The second kappa shape index (κ2) is 7.19. The van der Waals surface area contributed by atoms with E-state index >= 15 is 0 Å². The molecule has 0 spiro atoms. The minimum absolute atomic E-state index is 0.0897. The summed E-state index contributed by atoms with van der Waals surface area (Å²) in [5.41, 5.74) is 3.45. The largest absolute Gasteiger partial charge is 0.345 e. The Bertz CT molecular complexity index is 1050. The van der Waals surface area contributed by atoms with Crippen molar-refractivity contribution in [2.24, 2.45) is 0 Å². The average Bonchev–Trinajstić information content (AvgIpc) is 3.34. The smallest absolute Gasteiger partial charge is 0.188 e. The van der Waals surface area contributed by atoms with Gasteiger partial charge in [0.2, 0.25) is 0 Å². The minimum atomic E-state index is -0.0897. The Morgan fingerprint density at radius 1 is 1.04 bits per heavy atom. The first-order chi connectivity index (χ1) is 12.8. The van der Waals surface area contributed by atoms with Gasteiger partial charge < -0.3 is 9.97 Å². The summed E-state index contributed by atoms with van der Waals surface area (Å²) in [6.45, 7) is 0. The molecule has 2 N–H and O–H groups in total. The average molecular weight is 342 g/mol. The molecule has 26 heavy (non-hydrogen) atoms. The van der Waals surface area contributed by atoms with Gasteiger partial charge in [-0.25, -0.2) is 9.97 Å². The van der Waals surface area contributed by atoms with Gasteiger partial charge in [0, 0.05) is 24.4 Å². The van der Waals surface area contributed by atoms with Crippen LogP contribution < -0.4 is 0 Å². The summed E-state index contributed by atoms with van der Waals surface area (Å²) >= 11 is 0. The van der Waals surface area contributed by atoms with Gasteiger partial charge in [0.05, 0.1) is 11.0 Å². The maximum atomic E-state index is 12.6. The highest BCUT2D eigenvalue weighted by Crippen LogP contribution is 2.19. The monoisotopic (exact) mass is 342 g/mol. The Hall–Kier alpha value is -3.47. The van der Waals surface area contributed by atoms with Gasteiger partial charge in [-0.15, -0.1) is 0 Å². The van der Waals surface area contributed by atoms with Gasteiger partial charge >= 0.3 is 0 Å². The van der Waals surface area contributed by atoms with Gasteiger partial charge in [0.1, 0.15) is 11.6 Å². The number of aromatic amines is 2. The fourth-order valence-electron chi connectivity index (χ4n) is 2.92. The molecule has 0 aliphatic carbocycles. The molecule has 0 saturated carbocycles. The number of rotatable bonds is 6. The molecule has 5 heteroatoms. The summed E-state index contributed by atoms with van der Waals surface area (Å²) in [6, 6.07) is 15.9. The van der Waals surface area contributed by atoms with E-state index < -0.39 is 0 Å². The molecule has 0 bridgehead atoms. The van der Waals surface area contributed by atoms with Crippen LogP contribution in [-0.2, 0) is 12.8 Å². The molecule has 0 aliphatic rings. The first-order valence-electron chi connectivity index (χ1n) is 8.53. The normalized spacial score (nSPS) is 11.4. The van der Waals surface area contributed by atoms with Crippen LogP contribution in [0.4, 0.5) is 0 Å². The van der Waals surface area contributed by atoms with Crippen molar-refractivity contribution in [3.63, 3.8) is 0 Å². The van der Waals surface area contributed by atoms with Crippen LogP contribution in [0, 0.1) is 0 Å². The maximum absolute atomic E-state index is 12.6. The van der Waals surface area contributed by atoms with Gasteiger partial charge in [-0.3, -0.25) is 4.79 Å². The lowest BCUT2D eigenvalue weighted by atomic mass is 10.1. The van der Waals surface area contributed by atoms with E-state index in [0.717, 1.165) is 24.2 Å². The zero-order valence-corrected chi connectivity index (χ0v) is 14.1. The number of imidazole rings is 2. The SMILES string of the molecule is O=C(/C=C/c1ncc[nH]1)c1cccc2[nH]c(CCc3ccccc3)nc12. The molecule has 0 radical (unpaired) electrons. The third kappa shape index (κ3) is 3.47. The number of ketones is 1. The van der Waals surface area contributed by atoms with E-state index in [1.807, 2.05) is 30.3 Å². The number of H-pyrrole nitrogens is 2. The molecule has 5 nitrogen and oxygen atoms in total. The zero-order chi connectivity index (χ0) is 17.8. The van der Waals surface area contributed by atoms with E-state index in [1.165, 1.54) is 11.6 Å². The maximum Gasteiger partial charge on any atom is 0.188 e. The number of hydrogen-bond donors (Lipinski definition) is 2. The van der Waals surface area contributed by atoms with Gasteiger partial charge in [0.25, 0.3) is 0 Å². The Morgan fingerprint density at radius 3 is 2.73 bits per heavy atom. The molecule has 0 aliphatic heterocycles. The lowest BCUT2D eigenvalue weighted by molar-refractivity contribution is 0.104. The van der Waals surface area contributed by atoms with Crippen molar-refractivity contribution in [1.29, 1.82) is 0 Å². The van der Waals surface area contributed by atoms with Crippen molar-refractivity contribution >= 4 is 22.9 Å². The quantitative estimate of drug-likeness (QED) is 0.411. The predicted octanol–water partition coefficient (Wildman–Crippen LogP) is 3.97. The molecule has 0 saturated heterocycles. The number of carbonyl (C=O) groups is 1. The lowest BCUT2D eigenvalue weighted by Crippen LogP contribution is -1.96. The third-order valence-electron chi connectivity index (χ3n) is 4.23. The van der Waals surface area contributed by atoms with Crippen molar-refractivity contribution < 1.29 is 4.79 Å². The Kier molecular flexibility index (Phi) is 4.43.